The molecule has 2 rings (SSSR count). The van der Waals surface area contributed by atoms with Crippen molar-refractivity contribution in [2.75, 3.05) is 11.1 Å². The van der Waals surface area contributed by atoms with Gasteiger partial charge in [-0.25, -0.2) is 4.39 Å². The highest BCUT2D eigenvalue weighted by atomic mass is 19.1. The summed E-state index contributed by atoms with van der Waals surface area (Å²) in [6.45, 7) is 2.01. The summed E-state index contributed by atoms with van der Waals surface area (Å²) in [5.41, 5.74) is 7.43. The smallest absolute Gasteiger partial charge is 0.278 e. The van der Waals surface area contributed by atoms with Crippen molar-refractivity contribution in [2.24, 2.45) is 0 Å². The van der Waals surface area contributed by atoms with Crippen LogP contribution in [0.3, 0.4) is 0 Å². The number of carbonyl (C=O) groups is 1. The van der Waals surface area contributed by atoms with Crippen LogP contribution in [0.5, 0.6) is 0 Å². The number of halogens is 1. The Morgan fingerprint density at radius 2 is 2.32 bits per heavy atom. The van der Waals surface area contributed by atoms with E-state index in [4.69, 9.17) is 5.73 Å². The van der Waals surface area contributed by atoms with Crippen LogP contribution < -0.4 is 11.1 Å². The molecule has 19 heavy (non-hydrogen) atoms. The van der Waals surface area contributed by atoms with Crippen LogP contribution in [0.1, 0.15) is 29.5 Å². The number of H-pyrrole nitrogens is 1. The molecule has 0 radical (unpaired) electrons. The molecule has 2 aromatic rings. The van der Waals surface area contributed by atoms with Crippen molar-refractivity contribution in [1.82, 2.24) is 10.2 Å². The van der Waals surface area contributed by atoms with Crippen LogP contribution in [0.15, 0.2) is 24.3 Å². The lowest BCUT2D eigenvalue weighted by atomic mass is 10.2. The first kappa shape index (κ1) is 13.1. The Balaban J connectivity index is 2.16. The standard InChI is InChI=1S/C13H15FN4O/c1-2-4-10-11(15)12(18-17-10)13(19)16-9-6-3-5-8(14)7-9/h3,5-7H,2,4,15H2,1H3,(H,16,19)(H,17,18). The third-order valence-electron chi connectivity index (χ3n) is 2.68. The number of carbonyl (C=O) groups excluding carboxylic acids is 1. The molecule has 0 bridgehead atoms. The molecule has 5 nitrogen and oxygen atoms in total. The maximum absolute atomic E-state index is 13.0. The van der Waals surface area contributed by atoms with Gasteiger partial charge in [0.1, 0.15) is 5.82 Å². The maximum Gasteiger partial charge on any atom is 0.278 e. The van der Waals surface area contributed by atoms with Crippen LogP contribution in [0, 0.1) is 5.82 Å². The molecule has 1 aromatic carbocycles. The van der Waals surface area contributed by atoms with Gasteiger partial charge in [-0.2, -0.15) is 5.10 Å². The molecule has 0 spiro atoms. The number of hydrogen-bond acceptors (Lipinski definition) is 3. The molecule has 1 amide bonds. The molecule has 4 N–H and O–H groups in total. The lowest BCUT2D eigenvalue weighted by Crippen LogP contribution is -2.14. The number of hydrogen-bond donors (Lipinski definition) is 3. The third kappa shape index (κ3) is 2.90. The predicted octanol–water partition coefficient (Wildman–Crippen LogP) is 2.34. The molecule has 1 aromatic heterocycles. The summed E-state index contributed by atoms with van der Waals surface area (Å²) in [4.78, 5) is 12.0. The first-order valence-electron chi connectivity index (χ1n) is 6.01. The Morgan fingerprint density at radius 3 is 3.00 bits per heavy atom. The summed E-state index contributed by atoms with van der Waals surface area (Å²) in [5, 5.41) is 9.19. The van der Waals surface area contributed by atoms with E-state index in [1.807, 2.05) is 6.92 Å². The molecule has 0 fully saturated rings. The number of nitrogens with zero attached hydrogens (tertiary/aromatic N) is 1. The van der Waals surface area contributed by atoms with Gasteiger partial charge in [-0.15, -0.1) is 0 Å². The van der Waals surface area contributed by atoms with Gasteiger partial charge in [0, 0.05) is 5.69 Å². The van der Waals surface area contributed by atoms with Gasteiger partial charge < -0.3 is 11.1 Å². The fourth-order valence-corrected chi connectivity index (χ4v) is 1.76. The molecule has 0 aliphatic heterocycles. The van der Waals surface area contributed by atoms with Crippen LogP contribution in [0.4, 0.5) is 15.8 Å². The van der Waals surface area contributed by atoms with Crippen LogP contribution in [0.2, 0.25) is 0 Å². The van der Waals surface area contributed by atoms with Gasteiger partial charge in [-0.05, 0) is 24.6 Å². The zero-order valence-electron chi connectivity index (χ0n) is 10.5. The van der Waals surface area contributed by atoms with Gasteiger partial charge in [-0.1, -0.05) is 19.4 Å². The Hall–Kier alpha value is -2.37. The van der Waals surface area contributed by atoms with E-state index in [2.05, 4.69) is 15.5 Å². The number of amides is 1. The third-order valence-corrected chi connectivity index (χ3v) is 2.68. The highest BCUT2D eigenvalue weighted by Crippen LogP contribution is 2.17. The number of rotatable bonds is 4. The number of nitrogens with two attached hydrogens (primary N) is 1. The molecule has 0 aliphatic rings. The average molecular weight is 262 g/mol. The Morgan fingerprint density at radius 1 is 1.53 bits per heavy atom. The number of anilines is 2. The van der Waals surface area contributed by atoms with Crippen LogP contribution in [-0.4, -0.2) is 16.1 Å². The second-order valence-electron chi connectivity index (χ2n) is 4.18. The van der Waals surface area contributed by atoms with Crippen molar-refractivity contribution in [2.45, 2.75) is 19.8 Å². The quantitative estimate of drug-likeness (QED) is 0.790. The predicted molar refractivity (Wildman–Crippen MR) is 71.3 cm³/mol. The van der Waals surface area contributed by atoms with Crippen LogP contribution in [0.25, 0.3) is 0 Å². The molecule has 100 valence electrons. The average Bonchev–Trinajstić information content (AvgIpc) is 2.72. The highest BCUT2D eigenvalue weighted by Gasteiger charge is 2.16. The number of nitrogen functional groups attached to an aromatic ring is 1. The number of aromatic nitrogens is 2. The lowest BCUT2D eigenvalue weighted by molar-refractivity contribution is 0.102. The number of nitrogens with one attached hydrogen (secondary N) is 2. The molecule has 0 unspecified atom stereocenters. The lowest BCUT2D eigenvalue weighted by Gasteiger charge is -2.03. The molecular formula is C13H15FN4O. The molecule has 0 saturated heterocycles. The normalized spacial score (nSPS) is 10.4. The molecule has 0 saturated carbocycles. The van der Waals surface area contributed by atoms with Gasteiger partial charge in [0.25, 0.3) is 5.91 Å². The topological polar surface area (TPSA) is 83.8 Å². The zero-order valence-corrected chi connectivity index (χ0v) is 10.5. The largest absolute Gasteiger partial charge is 0.395 e. The van der Waals surface area contributed by atoms with E-state index in [0.717, 1.165) is 18.5 Å². The summed E-state index contributed by atoms with van der Waals surface area (Å²) in [6.07, 6.45) is 1.63. The summed E-state index contributed by atoms with van der Waals surface area (Å²) >= 11 is 0. The summed E-state index contributed by atoms with van der Waals surface area (Å²) < 4.78 is 13.0. The van der Waals surface area contributed by atoms with Gasteiger partial charge >= 0.3 is 0 Å². The van der Waals surface area contributed by atoms with Crippen molar-refractivity contribution in [3.8, 4) is 0 Å². The van der Waals surface area contributed by atoms with Gasteiger partial charge in [0.2, 0.25) is 0 Å². The van der Waals surface area contributed by atoms with E-state index in [9.17, 15) is 9.18 Å². The Kier molecular flexibility index (Phi) is 3.79. The maximum atomic E-state index is 13.0. The van der Waals surface area contributed by atoms with Gasteiger partial charge in [0.15, 0.2) is 5.69 Å². The second-order valence-corrected chi connectivity index (χ2v) is 4.18. The van der Waals surface area contributed by atoms with E-state index in [1.165, 1.54) is 18.2 Å². The van der Waals surface area contributed by atoms with Crippen LogP contribution >= 0.6 is 0 Å². The van der Waals surface area contributed by atoms with E-state index < -0.39 is 11.7 Å². The second kappa shape index (κ2) is 5.51. The Bertz CT molecular complexity index is 594. The monoisotopic (exact) mass is 262 g/mol. The SMILES string of the molecule is CCCc1[nH]nc(C(=O)Nc2cccc(F)c2)c1N. The fourth-order valence-electron chi connectivity index (χ4n) is 1.76. The molecular weight excluding hydrogens is 247 g/mol. The van der Waals surface area contributed by atoms with E-state index in [0.29, 0.717) is 11.4 Å². The fraction of sp³-hybridized carbons (Fsp3) is 0.231. The summed E-state index contributed by atoms with van der Waals surface area (Å²) in [5.74, 6) is -0.874. The van der Waals surface area contributed by atoms with Gasteiger partial charge in [0.05, 0.1) is 11.4 Å². The minimum atomic E-state index is -0.457. The highest BCUT2D eigenvalue weighted by molar-refractivity contribution is 6.06. The van der Waals surface area contributed by atoms with E-state index in [-0.39, 0.29) is 5.69 Å². The van der Waals surface area contributed by atoms with Crippen LogP contribution in [-0.2, 0) is 6.42 Å². The van der Waals surface area contributed by atoms with E-state index in [1.54, 1.807) is 6.07 Å². The van der Waals surface area contributed by atoms with Crippen molar-refractivity contribution in [1.29, 1.82) is 0 Å². The van der Waals surface area contributed by atoms with E-state index >= 15 is 0 Å². The minimum absolute atomic E-state index is 0.132. The number of benzene rings is 1. The van der Waals surface area contributed by atoms with Gasteiger partial charge in [-0.3, -0.25) is 9.89 Å². The molecule has 1 heterocycles. The summed E-state index contributed by atoms with van der Waals surface area (Å²) in [7, 11) is 0. The minimum Gasteiger partial charge on any atom is -0.395 e. The molecule has 6 heteroatoms. The Labute approximate surface area is 110 Å². The number of aryl methyl sites for hydroxylation is 1. The molecule has 0 aliphatic carbocycles. The number of aromatic amines is 1. The molecule has 0 atom stereocenters. The zero-order chi connectivity index (χ0) is 13.8. The first-order chi connectivity index (χ1) is 9.11. The van der Waals surface area contributed by atoms with Crippen molar-refractivity contribution >= 4 is 17.3 Å². The van der Waals surface area contributed by atoms with Crippen molar-refractivity contribution in [3.63, 3.8) is 0 Å². The first-order valence-corrected chi connectivity index (χ1v) is 6.01. The van der Waals surface area contributed by atoms with Crippen molar-refractivity contribution < 1.29 is 9.18 Å². The van der Waals surface area contributed by atoms with Crippen molar-refractivity contribution in [3.05, 3.63) is 41.5 Å². The summed E-state index contributed by atoms with van der Waals surface area (Å²) in [6, 6.07) is 5.64.